The normalized spacial score (nSPS) is 9.86. The third kappa shape index (κ3) is 7.75. The van der Waals surface area contributed by atoms with E-state index in [4.69, 9.17) is 20.3 Å². The molecule has 0 aliphatic heterocycles. The maximum Gasteiger partial charge on any atom is 0.170 e. The summed E-state index contributed by atoms with van der Waals surface area (Å²) in [6, 6.07) is 4.69. The van der Waals surface area contributed by atoms with Crippen LogP contribution in [0.5, 0.6) is 5.75 Å². The van der Waals surface area contributed by atoms with Crippen LogP contribution in [0, 0.1) is 0 Å². The molecule has 0 radical (unpaired) electrons. The molecular weight excluding hydrogens is 286 g/mol. The topological polar surface area (TPSA) is 98.8 Å². The van der Waals surface area contributed by atoms with Crippen molar-refractivity contribution in [1.29, 1.82) is 0 Å². The predicted molar refractivity (Wildman–Crippen MR) is 85.2 cm³/mol. The van der Waals surface area contributed by atoms with Crippen molar-refractivity contribution >= 4 is 17.8 Å². The molecule has 1 rings (SSSR count). The second-order valence-electron chi connectivity index (χ2n) is 4.53. The highest BCUT2D eigenvalue weighted by Crippen LogP contribution is 2.18. The van der Waals surface area contributed by atoms with E-state index in [-0.39, 0.29) is 26.4 Å². The maximum atomic E-state index is 11.6. The fourth-order valence-electron chi connectivity index (χ4n) is 1.68. The minimum Gasteiger partial charge on any atom is -0.486 e. The van der Waals surface area contributed by atoms with Crippen LogP contribution in [0.25, 0.3) is 0 Å². The van der Waals surface area contributed by atoms with Gasteiger partial charge in [-0.15, -0.1) is 0 Å². The van der Waals surface area contributed by atoms with Crippen LogP contribution >= 0.6 is 0 Å². The zero-order valence-corrected chi connectivity index (χ0v) is 11.9. The molecule has 0 spiro atoms. The molecule has 0 saturated heterocycles. The highest BCUT2D eigenvalue weighted by molar-refractivity contribution is 5.84. The summed E-state index contributed by atoms with van der Waals surface area (Å²) in [6.07, 6.45) is 2.58. The Balaban J connectivity index is 0.00000441. The van der Waals surface area contributed by atoms with Crippen LogP contribution < -0.4 is 10.5 Å². The number of aldehydes is 1. The van der Waals surface area contributed by atoms with Crippen molar-refractivity contribution in [2.75, 3.05) is 32.2 Å². The number of rotatable bonds is 11. The van der Waals surface area contributed by atoms with Crippen molar-refractivity contribution in [3.05, 3.63) is 23.8 Å². The van der Waals surface area contributed by atoms with Crippen molar-refractivity contribution in [2.45, 2.75) is 26.7 Å². The zero-order valence-electron chi connectivity index (χ0n) is 11.9. The van der Waals surface area contributed by atoms with Crippen molar-refractivity contribution in [3.8, 4) is 5.75 Å². The summed E-state index contributed by atoms with van der Waals surface area (Å²) in [5.74, 6) is 0.466. The van der Waals surface area contributed by atoms with Crippen molar-refractivity contribution < 1.29 is 24.2 Å². The van der Waals surface area contributed by atoms with Gasteiger partial charge in [0.15, 0.2) is 12.1 Å². The van der Waals surface area contributed by atoms with E-state index in [2.05, 4.69) is 0 Å². The molecule has 0 unspecified atom stereocenters. The molecule has 6 nitrogen and oxygen atoms in total. The molecule has 0 fully saturated rings. The molecule has 3 N–H and O–H groups in total. The quantitative estimate of drug-likeness (QED) is 0.367. The number of nitrogen functional groups attached to an aromatic ring is 1. The molecule has 1 aromatic rings. The number of carbonyl (C=O) groups is 2. The number of hydrogen-bond acceptors (Lipinski definition) is 6. The first-order chi connectivity index (χ1) is 10.2. The minimum absolute atomic E-state index is 0. The SMILES string of the molecule is C.Nc1cc(OCC(=O)CCCCOCCO)ccc1C=O. The second-order valence-corrected chi connectivity index (χ2v) is 4.53. The Morgan fingerprint density at radius 3 is 2.68 bits per heavy atom. The third-order valence-electron chi connectivity index (χ3n) is 2.81. The Hall–Kier alpha value is -1.92. The van der Waals surface area contributed by atoms with E-state index >= 15 is 0 Å². The lowest BCUT2D eigenvalue weighted by Crippen LogP contribution is -2.11. The number of benzene rings is 1. The van der Waals surface area contributed by atoms with Gasteiger partial charge in [-0.1, -0.05) is 7.43 Å². The van der Waals surface area contributed by atoms with Gasteiger partial charge in [-0.05, 0) is 25.0 Å². The average Bonchev–Trinajstić information content (AvgIpc) is 2.49. The summed E-state index contributed by atoms with van der Waals surface area (Å²) in [4.78, 5) is 22.2. The molecule has 0 saturated carbocycles. The summed E-state index contributed by atoms with van der Waals surface area (Å²) in [7, 11) is 0. The number of carbonyl (C=O) groups excluding carboxylic acids is 2. The monoisotopic (exact) mass is 311 g/mol. The molecule has 0 atom stereocenters. The standard InChI is InChI=1S/C15H21NO5.CH4/c16-15-9-14(5-4-12(15)10-18)21-11-13(19)3-1-2-7-20-8-6-17;/h4-5,9-10,17H,1-3,6-8,11,16H2;1H4. The molecule has 22 heavy (non-hydrogen) atoms. The number of Topliss-reactive ketones (excluding diaryl/α,β-unsaturated/α-hetero) is 1. The molecule has 0 aliphatic carbocycles. The fraction of sp³-hybridized carbons (Fsp3) is 0.500. The van der Waals surface area contributed by atoms with E-state index in [0.29, 0.717) is 42.9 Å². The van der Waals surface area contributed by atoms with Crippen LogP contribution in [-0.4, -0.2) is 43.6 Å². The van der Waals surface area contributed by atoms with Crippen molar-refractivity contribution in [1.82, 2.24) is 0 Å². The van der Waals surface area contributed by atoms with Gasteiger partial charge in [0, 0.05) is 30.3 Å². The highest BCUT2D eigenvalue weighted by atomic mass is 16.5. The zero-order chi connectivity index (χ0) is 15.5. The van der Waals surface area contributed by atoms with E-state index < -0.39 is 0 Å². The lowest BCUT2D eigenvalue weighted by molar-refractivity contribution is -0.121. The number of ketones is 1. The average molecular weight is 311 g/mol. The molecule has 0 aromatic heterocycles. The molecule has 0 bridgehead atoms. The van der Waals surface area contributed by atoms with Gasteiger partial charge in [0.05, 0.1) is 13.2 Å². The number of unbranched alkanes of at least 4 members (excludes halogenated alkanes) is 1. The van der Waals surface area contributed by atoms with Gasteiger partial charge in [0.1, 0.15) is 12.4 Å². The van der Waals surface area contributed by atoms with Crippen LogP contribution in [0.4, 0.5) is 5.69 Å². The van der Waals surface area contributed by atoms with Gasteiger partial charge < -0.3 is 20.3 Å². The van der Waals surface area contributed by atoms with Gasteiger partial charge in [0.25, 0.3) is 0 Å². The number of anilines is 1. The van der Waals surface area contributed by atoms with Gasteiger partial charge in [-0.3, -0.25) is 9.59 Å². The van der Waals surface area contributed by atoms with Crippen LogP contribution in [-0.2, 0) is 9.53 Å². The number of hydrogen-bond donors (Lipinski definition) is 2. The Bertz CT molecular complexity index is 462. The summed E-state index contributed by atoms with van der Waals surface area (Å²) >= 11 is 0. The predicted octanol–water partition coefficient (Wildman–Crippen LogP) is 1.84. The van der Waals surface area contributed by atoms with Crippen molar-refractivity contribution in [2.24, 2.45) is 0 Å². The van der Waals surface area contributed by atoms with E-state index in [1.54, 1.807) is 12.1 Å². The lowest BCUT2D eigenvalue weighted by Gasteiger charge is -2.07. The summed E-state index contributed by atoms with van der Waals surface area (Å²) in [5, 5.41) is 8.52. The second kappa shape index (κ2) is 11.7. The third-order valence-corrected chi connectivity index (χ3v) is 2.81. The molecular formula is C16H25NO5. The van der Waals surface area contributed by atoms with E-state index in [1.165, 1.54) is 6.07 Å². The molecule has 0 aliphatic rings. The number of ether oxygens (including phenoxy) is 2. The number of aliphatic hydroxyl groups is 1. The molecule has 6 heteroatoms. The summed E-state index contributed by atoms with van der Waals surface area (Å²) < 4.78 is 10.4. The Morgan fingerprint density at radius 2 is 2.05 bits per heavy atom. The van der Waals surface area contributed by atoms with Crippen LogP contribution in [0.1, 0.15) is 37.0 Å². The maximum absolute atomic E-state index is 11.6. The van der Waals surface area contributed by atoms with E-state index in [9.17, 15) is 9.59 Å². The molecule has 0 heterocycles. The van der Waals surface area contributed by atoms with Crippen molar-refractivity contribution in [3.63, 3.8) is 0 Å². The highest BCUT2D eigenvalue weighted by Gasteiger charge is 2.05. The fourth-order valence-corrected chi connectivity index (χ4v) is 1.68. The lowest BCUT2D eigenvalue weighted by atomic mass is 10.2. The largest absolute Gasteiger partial charge is 0.486 e. The summed E-state index contributed by atoms with van der Waals surface area (Å²) in [5.41, 5.74) is 6.38. The van der Waals surface area contributed by atoms with Crippen LogP contribution in [0.3, 0.4) is 0 Å². The smallest absolute Gasteiger partial charge is 0.170 e. The molecule has 124 valence electrons. The van der Waals surface area contributed by atoms with Gasteiger partial charge in [-0.25, -0.2) is 0 Å². The Labute approximate surface area is 131 Å². The van der Waals surface area contributed by atoms with Crippen LogP contribution in [0.2, 0.25) is 0 Å². The van der Waals surface area contributed by atoms with Gasteiger partial charge in [0.2, 0.25) is 0 Å². The Kier molecular flexibility index (Phi) is 10.7. The van der Waals surface area contributed by atoms with Gasteiger partial charge in [-0.2, -0.15) is 0 Å². The minimum atomic E-state index is -0.0165. The summed E-state index contributed by atoms with van der Waals surface area (Å²) in [6.45, 7) is 0.865. The first-order valence-corrected chi connectivity index (χ1v) is 6.85. The number of aliphatic hydroxyl groups excluding tert-OH is 1. The Morgan fingerprint density at radius 1 is 1.27 bits per heavy atom. The molecule has 1 aromatic carbocycles. The first-order valence-electron chi connectivity index (χ1n) is 6.85. The van der Waals surface area contributed by atoms with E-state index in [0.717, 1.165) is 12.8 Å². The van der Waals surface area contributed by atoms with Crippen LogP contribution in [0.15, 0.2) is 18.2 Å². The van der Waals surface area contributed by atoms with E-state index in [1.807, 2.05) is 0 Å². The molecule has 0 amide bonds. The first kappa shape index (κ1) is 20.1. The number of nitrogens with two attached hydrogens (primary N) is 1. The van der Waals surface area contributed by atoms with Gasteiger partial charge >= 0.3 is 0 Å².